The Kier molecular flexibility index (Phi) is 6.56. The van der Waals surface area contributed by atoms with Crippen molar-refractivity contribution in [2.24, 2.45) is 0 Å². The molecule has 30 heavy (non-hydrogen) atoms. The van der Waals surface area contributed by atoms with Crippen LogP contribution in [0.5, 0.6) is 5.75 Å². The molecule has 1 aliphatic carbocycles. The molecule has 0 unspecified atom stereocenters. The van der Waals surface area contributed by atoms with E-state index in [1.807, 2.05) is 11.8 Å². The molecular formula is C23H32FN3O3. The van der Waals surface area contributed by atoms with Gasteiger partial charge in [0, 0.05) is 51.1 Å². The normalized spacial score (nSPS) is 25.7. The maximum Gasteiger partial charge on any atom is 0.245 e. The molecule has 7 heteroatoms. The van der Waals surface area contributed by atoms with Crippen molar-refractivity contribution in [3.05, 3.63) is 30.1 Å². The first-order valence-corrected chi connectivity index (χ1v) is 11.3. The van der Waals surface area contributed by atoms with E-state index in [4.69, 9.17) is 4.74 Å². The van der Waals surface area contributed by atoms with Crippen LogP contribution in [0.4, 0.5) is 4.39 Å². The van der Waals surface area contributed by atoms with Gasteiger partial charge in [-0.05, 0) is 31.4 Å². The standard InChI is InChI=1S/C23H32FN3O3/c1-2-22(28)27-16-20(30-19-9-3-6-17(24)14-19)15-21(27)23(29)26-11-5-10-25(12-13-26)18-7-4-8-18/h3,6,9,14,18,20-21H,2,4-5,7-8,10-13,15-16H2,1H3/t20-,21+/m0/s1. The highest BCUT2D eigenvalue weighted by molar-refractivity contribution is 5.88. The molecule has 1 aromatic carbocycles. The van der Waals surface area contributed by atoms with E-state index in [9.17, 15) is 14.0 Å². The van der Waals surface area contributed by atoms with Crippen LogP contribution in [-0.4, -0.2) is 77.4 Å². The molecule has 0 spiro atoms. The van der Waals surface area contributed by atoms with Gasteiger partial charge in [-0.15, -0.1) is 0 Å². The first-order chi connectivity index (χ1) is 14.5. The Morgan fingerprint density at radius 1 is 1.13 bits per heavy atom. The summed E-state index contributed by atoms with van der Waals surface area (Å²) in [5, 5.41) is 0. The molecule has 3 aliphatic rings. The minimum atomic E-state index is -0.494. The smallest absolute Gasteiger partial charge is 0.245 e. The van der Waals surface area contributed by atoms with Gasteiger partial charge in [0.25, 0.3) is 0 Å². The zero-order valence-electron chi connectivity index (χ0n) is 17.8. The lowest BCUT2D eigenvalue weighted by Gasteiger charge is -2.36. The third-order valence-electron chi connectivity index (χ3n) is 6.70. The molecule has 6 nitrogen and oxygen atoms in total. The van der Waals surface area contributed by atoms with Gasteiger partial charge in [-0.3, -0.25) is 14.5 Å². The van der Waals surface area contributed by atoms with Gasteiger partial charge < -0.3 is 14.5 Å². The Bertz CT molecular complexity index is 770. The maximum absolute atomic E-state index is 13.5. The molecule has 1 aromatic rings. The molecule has 2 heterocycles. The summed E-state index contributed by atoms with van der Waals surface area (Å²) in [6.45, 7) is 5.59. The number of hydrogen-bond acceptors (Lipinski definition) is 4. The number of carbonyl (C=O) groups is 2. The molecule has 1 saturated carbocycles. The van der Waals surface area contributed by atoms with E-state index in [-0.39, 0.29) is 23.7 Å². The number of ether oxygens (including phenoxy) is 1. The second-order valence-corrected chi connectivity index (χ2v) is 8.65. The van der Waals surface area contributed by atoms with Crippen molar-refractivity contribution >= 4 is 11.8 Å². The third kappa shape index (κ3) is 4.61. The van der Waals surface area contributed by atoms with Gasteiger partial charge in [-0.25, -0.2) is 4.39 Å². The van der Waals surface area contributed by atoms with Gasteiger partial charge >= 0.3 is 0 Å². The van der Waals surface area contributed by atoms with Crippen LogP contribution >= 0.6 is 0 Å². The van der Waals surface area contributed by atoms with E-state index in [2.05, 4.69) is 4.90 Å². The monoisotopic (exact) mass is 417 g/mol. The third-order valence-corrected chi connectivity index (χ3v) is 6.70. The van der Waals surface area contributed by atoms with Crippen molar-refractivity contribution in [2.45, 2.75) is 63.6 Å². The number of likely N-dealkylation sites (tertiary alicyclic amines) is 1. The van der Waals surface area contributed by atoms with Crippen LogP contribution in [0, 0.1) is 5.82 Å². The summed E-state index contributed by atoms with van der Waals surface area (Å²) in [4.78, 5) is 32.1. The van der Waals surface area contributed by atoms with Gasteiger partial charge in [0.2, 0.25) is 11.8 Å². The van der Waals surface area contributed by atoms with Gasteiger partial charge in [0.05, 0.1) is 6.54 Å². The largest absolute Gasteiger partial charge is 0.488 e. The molecule has 3 fully saturated rings. The van der Waals surface area contributed by atoms with Crippen molar-refractivity contribution in [3.8, 4) is 5.75 Å². The molecular weight excluding hydrogens is 385 g/mol. The van der Waals surface area contributed by atoms with Crippen molar-refractivity contribution in [1.29, 1.82) is 0 Å². The fraction of sp³-hybridized carbons (Fsp3) is 0.652. The van der Waals surface area contributed by atoms with E-state index in [1.165, 1.54) is 31.4 Å². The minimum Gasteiger partial charge on any atom is -0.488 e. The van der Waals surface area contributed by atoms with Crippen molar-refractivity contribution in [2.75, 3.05) is 32.7 Å². The second kappa shape index (κ2) is 9.33. The van der Waals surface area contributed by atoms with Gasteiger partial charge in [0.15, 0.2) is 0 Å². The highest BCUT2D eigenvalue weighted by atomic mass is 19.1. The molecule has 0 aromatic heterocycles. The topological polar surface area (TPSA) is 53.1 Å². The van der Waals surface area contributed by atoms with Crippen LogP contribution in [0.15, 0.2) is 24.3 Å². The number of nitrogens with zero attached hydrogens (tertiary/aromatic N) is 3. The highest BCUT2D eigenvalue weighted by Gasteiger charge is 2.42. The number of rotatable bonds is 5. The summed E-state index contributed by atoms with van der Waals surface area (Å²) < 4.78 is 19.4. The van der Waals surface area contributed by atoms with Crippen molar-refractivity contribution < 1.29 is 18.7 Å². The van der Waals surface area contributed by atoms with E-state index in [0.29, 0.717) is 31.2 Å². The van der Waals surface area contributed by atoms with Crippen LogP contribution in [-0.2, 0) is 9.59 Å². The fourth-order valence-corrected chi connectivity index (χ4v) is 4.81. The summed E-state index contributed by atoms with van der Waals surface area (Å²) in [7, 11) is 0. The van der Waals surface area contributed by atoms with Crippen LogP contribution in [0.1, 0.15) is 45.4 Å². The number of carbonyl (C=O) groups excluding carboxylic acids is 2. The summed E-state index contributed by atoms with van der Waals surface area (Å²) >= 11 is 0. The van der Waals surface area contributed by atoms with Gasteiger partial charge in [-0.1, -0.05) is 19.4 Å². The Labute approximate surface area is 177 Å². The Balaban J connectivity index is 1.42. The van der Waals surface area contributed by atoms with Gasteiger partial charge in [0.1, 0.15) is 23.7 Å². The van der Waals surface area contributed by atoms with Crippen LogP contribution < -0.4 is 4.74 Å². The van der Waals surface area contributed by atoms with Gasteiger partial charge in [-0.2, -0.15) is 0 Å². The summed E-state index contributed by atoms with van der Waals surface area (Å²) in [6, 6.07) is 6.20. The molecule has 2 atom stereocenters. The molecule has 2 aliphatic heterocycles. The average molecular weight is 418 g/mol. The SMILES string of the molecule is CCC(=O)N1C[C@@H](Oc2cccc(F)c2)C[C@@H]1C(=O)N1CCCN(C2CCC2)CC1. The average Bonchev–Trinajstić information content (AvgIpc) is 2.96. The summed E-state index contributed by atoms with van der Waals surface area (Å²) in [5.74, 6) is 0.0605. The Morgan fingerprint density at radius 3 is 2.67 bits per heavy atom. The zero-order chi connectivity index (χ0) is 21.1. The highest BCUT2D eigenvalue weighted by Crippen LogP contribution is 2.28. The lowest BCUT2D eigenvalue weighted by atomic mass is 9.91. The molecule has 0 N–H and O–H groups in total. The summed E-state index contributed by atoms with van der Waals surface area (Å²) in [6.07, 6.45) is 5.32. The quantitative estimate of drug-likeness (QED) is 0.739. The number of benzene rings is 1. The second-order valence-electron chi connectivity index (χ2n) is 8.65. The van der Waals surface area contributed by atoms with Crippen LogP contribution in [0.25, 0.3) is 0 Å². The lowest BCUT2D eigenvalue weighted by Crippen LogP contribution is -2.49. The molecule has 0 radical (unpaired) electrons. The Hall–Kier alpha value is -2.15. The predicted octanol–water partition coefficient (Wildman–Crippen LogP) is 2.67. The van der Waals surface area contributed by atoms with E-state index < -0.39 is 6.04 Å². The molecule has 2 amide bonds. The fourth-order valence-electron chi connectivity index (χ4n) is 4.81. The first-order valence-electron chi connectivity index (χ1n) is 11.3. The number of amides is 2. The molecule has 164 valence electrons. The maximum atomic E-state index is 13.5. The molecule has 2 saturated heterocycles. The van der Waals surface area contributed by atoms with Crippen molar-refractivity contribution in [3.63, 3.8) is 0 Å². The van der Waals surface area contributed by atoms with E-state index in [1.54, 1.807) is 17.0 Å². The minimum absolute atomic E-state index is 0.0256. The zero-order valence-corrected chi connectivity index (χ0v) is 17.8. The molecule has 0 bridgehead atoms. The lowest BCUT2D eigenvalue weighted by molar-refractivity contribution is -0.143. The van der Waals surface area contributed by atoms with Crippen molar-refractivity contribution in [1.82, 2.24) is 14.7 Å². The van der Waals surface area contributed by atoms with E-state index in [0.717, 1.165) is 32.6 Å². The number of hydrogen-bond donors (Lipinski definition) is 0. The summed E-state index contributed by atoms with van der Waals surface area (Å²) in [5.41, 5.74) is 0. The Morgan fingerprint density at radius 2 is 1.97 bits per heavy atom. The first kappa shape index (κ1) is 21.1. The number of halogens is 1. The molecule has 4 rings (SSSR count). The van der Waals surface area contributed by atoms with E-state index >= 15 is 0 Å². The predicted molar refractivity (Wildman–Crippen MR) is 112 cm³/mol. The van der Waals surface area contributed by atoms with Crippen LogP contribution in [0.2, 0.25) is 0 Å². The van der Waals surface area contributed by atoms with Crippen LogP contribution in [0.3, 0.4) is 0 Å².